The van der Waals surface area contributed by atoms with E-state index in [0.717, 1.165) is 33.5 Å². The molecule has 0 bridgehead atoms. The van der Waals surface area contributed by atoms with Gasteiger partial charge in [0.2, 0.25) is 5.82 Å². The minimum Gasteiger partial charge on any atom is -0.475 e. The quantitative estimate of drug-likeness (QED) is 0.792. The van der Waals surface area contributed by atoms with Gasteiger partial charge in [0.15, 0.2) is 0 Å². The third-order valence-corrected chi connectivity index (χ3v) is 4.16. The molecule has 1 N–H and O–H groups in total. The van der Waals surface area contributed by atoms with Crippen LogP contribution in [0.4, 0.5) is 0 Å². The maximum absolute atomic E-state index is 11.2. The zero-order valence-electron chi connectivity index (χ0n) is 14.2. The summed E-state index contributed by atoms with van der Waals surface area (Å²) in [4.78, 5) is 19.5. The number of hydrogen-bond donors (Lipinski definition) is 1. The van der Waals surface area contributed by atoms with Gasteiger partial charge in [-0.25, -0.2) is 14.8 Å². The molecular weight excluding hydrogens is 302 g/mol. The van der Waals surface area contributed by atoms with Crippen molar-refractivity contribution in [3.05, 3.63) is 53.5 Å². The van der Waals surface area contributed by atoms with Crippen LogP contribution < -0.4 is 0 Å². The zero-order chi connectivity index (χ0) is 17.6. The summed E-state index contributed by atoms with van der Waals surface area (Å²) in [6.45, 7) is 9.89. The zero-order valence-corrected chi connectivity index (χ0v) is 14.2. The smallest absolute Gasteiger partial charge is 0.373 e. The maximum Gasteiger partial charge on any atom is 0.373 e. The normalized spacial score (nSPS) is 11.0. The molecule has 24 heavy (non-hydrogen) atoms. The van der Waals surface area contributed by atoms with Gasteiger partial charge in [0, 0.05) is 12.6 Å². The van der Waals surface area contributed by atoms with Crippen molar-refractivity contribution in [3.63, 3.8) is 0 Å². The van der Waals surface area contributed by atoms with E-state index >= 15 is 0 Å². The van der Waals surface area contributed by atoms with E-state index in [-0.39, 0.29) is 5.82 Å². The van der Waals surface area contributed by atoms with Crippen LogP contribution in [-0.4, -0.2) is 25.6 Å². The number of carboxylic acids is 1. The monoisotopic (exact) mass is 321 g/mol. The van der Waals surface area contributed by atoms with Crippen LogP contribution in [-0.2, 0) is 7.05 Å². The first-order valence-electron chi connectivity index (χ1n) is 7.64. The van der Waals surface area contributed by atoms with Crippen LogP contribution in [0.1, 0.15) is 34.4 Å². The highest BCUT2D eigenvalue weighted by Gasteiger charge is 2.18. The van der Waals surface area contributed by atoms with Gasteiger partial charge in [0.1, 0.15) is 0 Å². The number of carboxylic acid groups (broad SMARTS) is 1. The molecule has 3 aromatic rings. The Kier molecular flexibility index (Phi) is 3.72. The van der Waals surface area contributed by atoms with Crippen molar-refractivity contribution in [2.24, 2.45) is 7.05 Å². The highest BCUT2D eigenvalue weighted by atomic mass is 16.4. The maximum atomic E-state index is 11.2. The third-order valence-electron chi connectivity index (χ3n) is 4.16. The van der Waals surface area contributed by atoms with E-state index in [9.17, 15) is 9.90 Å². The van der Waals surface area contributed by atoms with E-state index in [1.807, 2.05) is 31.5 Å². The van der Waals surface area contributed by atoms with E-state index in [2.05, 4.69) is 34.7 Å². The molecule has 0 aliphatic rings. The number of carbonyl (C=O) groups is 1. The minimum absolute atomic E-state index is 0.179. The molecule has 0 spiro atoms. The molecule has 1 aromatic carbocycles. The average Bonchev–Trinajstić information content (AvgIpc) is 2.84. The van der Waals surface area contributed by atoms with Crippen LogP contribution in [0.2, 0.25) is 0 Å². The number of fused-ring (bicyclic) bond motifs is 1. The molecule has 0 aliphatic heterocycles. The first-order valence-corrected chi connectivity index (χ1v) is 7.64. The van der Waals surface area contributed by atoms with Crippen LogP contribution in [0.25, 0.3) is 27.9 Å². The number of rotatable bonds is 3. The SMILES string of the molecule is C=C(C)c1ccc(C)cc1-c1cc2nc(C(=O)O)nc(C)c2n1C. The number of nitrogens with zero attached hydrogens (tertiary/aromatic N) is 3. The summed E-state index contributed by atoms with van der Waals surface area (Å²) in [6.07, 6.45) is 0. The van der Waals surface area contributed by atoms with Crippen molar-refractivity contribution in [2.45, 2.75) is 20.8 Å². The van der Waals surface area contributed by atoms with Gasteiger partial charge in [-0.2, -0.15) is 0 Å². The molecule has 5 heteroatoms. The standard InChI is InChI=1S/C19H19N3O2/c1-10(2)13-7-6-11(3)8-14(13)16-9-15-17(22(16)5)12(4)20-18(21-15)19(23)24/h6-9H,1H2,2-5H3,(H,23,24). The van der Waals surface area contributed by atoms with E-state index < -0.39 is 5.97 Å². The van der Waals surface area contributed by atoms with E-state index in [4.69, 9.17) is 0 Å². The summed E-state index contributed by atoms with van der Waals surface area (Å²) in [6, 6.07) is 8.15. The molecule has 5 nitrogen and oxygen atoms in total. The Hall–Kier alpha value is -2.95. The number of aromatic nitrogens is 3. The van der Waals surface area contributed by atoms with Crippen LogP contribution in [0, 0.1) is 13.8 Å². The predicted octanol–water partition coefficient (Wildman–Crippen LogP) is 3.98. The fourth-order valence-electron chi connectivity index (χ4n) is 3.05. The Balaban J connectivity index is 2.35. The molecular formula is C19H19N3O2. The Morgan fingerprint density at radius 1 is 1.21 bits per heavy atom. The van der Waals surface area contributed by atoms with Crippen LogP contribution in [0.5, 0.6) is 0 Å². The Morgan fingerprint density at radius 3 is 2.54 bits per heavy atom. The van der Waals surface area contributed by atoms with Gasteiger partial charge in [0.05, 0.1) is 22.4 Å². The van der Waals surface area contributed by atoms with E-state index in [0.29, 0.717) is 11.2 Å². The highest BCUT2D eigenvalue weighted by Crippen LogP contribution is 2.33. The molecule has 122 valence electrons. The van der Waals surface area contributed by atoms with Crippen LogP contribution >= 0.6 is 0 Å². The summed E-state index contributed by atoms with van der Waals surface area (Å²) < 4.78 is 2.01. The van der Waals surface area contributed by atoms with Gasteiger partial charge in [-0.05, 0) is 38.5 Å². The van der Waals surface area contributed by atoms with Gasteiger partial charge < -0.3 is 9.67 Å². The minimum atomic E-state index is -1.12. The van der Waals surface area contributed by atoms with Gasteiger partial charge in [-0.3, -0.25) is 0 Å². The first-order chi connectivity index (χ1) is 11.3. The summed E-state index contributed by atoms with van der Waals surface area (Å²) >= 11 is 0. The molecule has 3 rings (SSSR count). The second-order valence-electron chi connectivity index (χ2n) is 6.09. The van der Waals surface area contributed by atoms with Gasteiger partial charge in [0.25, 0.3) is 0 Å². The topological polar surface area (TPSA) is 68.0 Å². The first kappa shape index (κ1) is 15.9. The lowest BCUT2D eigenvalue weighted by Crippen LogP contribution is -2.06. The average molecular weight is 321 g/mol. The molecule has 0 radical (unpaired) electrons. The number of allylic oxidation sites excluding steroid dienone is 1. The Bertz CT molecular complexity index is 1000. The Labute approximate surface area is 140 Å². The number of benzene rings is 1. The van der Waals surface area contributed by atoms with Crippen LogP contribution in [0.15, 0.2) is 30.8 Å². The Morgan fingerprint density at radius 2 is 1.92 bits per heavy atom. The van der Waals surface area contributed by atoms with Crippen molar-refractivity contribution in [1.29, 1.82) is 0 Å². The molecule has 0 amide bonds. The van der Waals surface area contributed by atoms with E-state index in [1.54, 1.807) is 6.92 Å². The molecule has 0 unspecified atom stereocenters. The van der Waals surface area contributed by atoms with Crippen molar-refractivity contribution < 1.29 is 9.90 Å². The third kappa shape index (κ3) is 2.48. The number of aryl methyl sites for hydroxylation is 3. The largest absolute Gasteiger partial charge is 0.475 e. The fraction of sp³-hybridized carbons (Fsp3) is 0.211. The molecule has 0 fully saturated rings. The van der Waals surface area contributed by atoms with Gasteiger partial charge in [-0.15, -0.1) is 0 Å². The lowest BCUT2D eigenvalue weighted by molar-refractivity contribution is 0.0683. The summed E-state index contributed by atoms with van der Waals surface area (Å²) in [5.74, 6) is -1.30. The predicted molar refractivity (Wildman–Crippen MR) is 95.1 cm³/mol. The van der Waals surface area contributed by atoms with Crippen molar-refractivity contribution in [3.8, 4) is 11.3 Å². The summed E-state index contributed by atoms with van der Waals surface area (Å²) in [5.41, 5.74) is 7.33. The van der Waals surface area contributed by atoms with Crippen molar-refractivity contribution in [1.82, 2.24) is 14.5 Å². The van der Waals surface area contributed by atoms with Crippen molar-refractivity contribution >= 4 is 22.6 Å². The molecule has 2 aromatic heterocycles. The lowest BCUT2D eigenvalue weighted by atomic mass is 9.97. The van der Waals surface area contributed by atoms with E-state index in [1.165, 1.54) is 0 Å². The molecule has 0 aliphatic carbocycles. The molecule has 2 heterocycles. The van der Waals surface area contributed by atoms with Gasteiger partial charge >= 0.3 is 5.97 Å². The lowest BCUT2D eigenvalue weighted by Gasteiger charge is -2.12. The second-order valence-corrected chi connectivity index (χ2v) is 6.09. The molecule has 0 saturated heterocycles. The number of aromatic carboxylic acids is 1. The molecule has 0 atom stereocenters. The summed E-state index contributed by atoms with van der Waals surface area (Å²) in [7, 11) is 1.94. The van der Waals surface area contributed by atoms with Gasteiger partial charge in [-0.1, -0.05) is 29.8 Å². The number of hydrogen-bond acceptors (Lipinski definition) is 3. The molecule has 0 saturated carbocycles. The summed E-state index contributed by atoms with van der Waals surface area (Å²) in [5, 5.41) is 9.17. The fourth-order valence-corrected chi connectivity index (χ4v) is 3.05. The highest BCUT2D eigenvalue weighted by molar-refractivity contribution is 5.92. The van der Waals surface area contributed by atoms with Crippen molar-refractivity contribution in [2.75, 3.05) is 0 Å². The second kappa shape index (κ2) is 5.60. The van der Waals surface area contributed by atoms with Crippen LogP contribution in [0.3, 0.4) is 0 Å².